The third kappa shape index (κ3) is 5.69. The molecule has 0 saturated carbocycles. The number of fused-ring (bicyclic) bond motifs is 1. The van der Waals surface area contributed by atoms with Crippen molar-refractivity contribution in [2.45, 2.75) is 17.3 Å². The van der Waals surface area contributed by atoms with Crippen LogP contribution in [0, 0.1) is 0 Å². The molecule has 1 aromatic heterocycles. The first-order chi connectivity index (χ1) is 12.0. The van der Waals surface area contributed by atoms with Crippen LogP contribution in [0.2, 0.25) is 5.02 Å². The second-order valence-corrected chi connectivity index (χ2v) is 10.2. The SMILES string of the molecule is O=S(=O)(CCCSc1nc2ccccc2s1)NCc1cccc(Cl)c1. The number of aromatic nitrogens is 1. The summed E-state index contributed by atoms with van der Waals surface area (Å²) in [6, 6.07) is 15.2. The van der Waals surface area contributed by atoms with Crippen molar-refractivity contribution in [3.8, 4) is 0 Å². The molecular formula is C17H17ClN2O2S3. The molecule has 3 aromatic rings. The van der Waals surface area contributed by atoms with Crippen molar-refractivity contribution in [3.63, 3.8) is 0 Å². The summed E-state index contributed by atoms with van der Waals surface area (Å²) in [5.41, 5.74) is 1.84. The Morgan fingerprint density at radius 2 is 2.00 bits per heavy atom. The zero-order valence-corrected chi connectivity index (χ0v) is 16.5. The molecule has 2 aromatic carbocycles. The lowest BCUT2D eigenvalue weighted by Crippen LogP contribution is -2.26. The van der Waals surface area contributed by atoms with E-state index in [-0.39, 0.29) is 12.3 Å². The highest BCUT2D eigenvalue weighted by Gasteiger charge is 2.11. The number of sulfonamides is 1. The van der Waals surface area contributed by atoms with E-state index in [0.29, 0.717) is 11.4 Å². The van der Waals surface area contributed by atoms with Gasteiger partial charge in [-0.25, -0.2) is 18.1 Å². The second-order valence-electron chi connectivity index (χ2n) is 5.42. The molecule has 0 aliphatic carbocycles. The van der Waals surface area contributed by atoms with Gasteiger partial charge in [0.15, 0.2) is 4.34 Å². The van der Waals surface area contributed by atoms with Gasteiger partial charge in [0.25, 0.3) is 0 Å². The Labute approximate surface area is 160 Å². The summed E-state index contributed by atoms with van der Waals surface area (Å²) in [5, 5.41) is 0.601. The maximum atomic E-state index is 12.1. The van der Waals surface area contributed by atoms with E-state index in [2.05, 4.69) is 9.71 Å². The Morgan fingerprint density at radius 3 is 2.80 bits per heavy atom. The van der Waals surface area contributed by atoms with Crippen LogP contribution in [0.1, 0.15) is 12.0 Å². The number of thioether (sulfide) groups is 1. The van der Waals surface area contributed by atoms with Gasteiger partial charge in [-0.05, 0) is 36.2 Å². The molecule has 0 fully saturated rings. The van der Waals surface area contributed by atoms with E-state index in [0.717, 1.165) is 25.9 Å². The zero-order chi connectivity index (χ0) is 17.7. The fourth-order valence-corrected chi connectivity index (χ4v) is 5.76. The number of benzene rings is 2. The molecule has 4 nitrogen and oxygen atoms in total. The Bertz CT molecular complexity index is 924. The number of halogens is 1. The molecule has 0 bridgehead atoms. The van der Waals surface area contributed by atoms with Gasteiger partial charge in [-0.2, -0.15) is 0 Å². The highest BCUT2D eigenvalue weighted by atomic mass is 35.5. The highest BCUT2D eigenvalue weighted by Crippen LogP contribution is 2.29. The van der Waals surface area contributed by atoms with Gasteiger partial charge in [-0.3, -0.25) is 0 Å². The minimum absolute atomic E-state index is 0.103. The fourth-order valence-electron chi connectivity index (χ4n) is 2.23. The summed E-state index contributed by atoms with van der Waals surface area (Å²) < 4.78 is 28.9. The lowest BCUT2D eigenvalue weighted by atomic mass is 10.2. The summed E-state index contributed by atoms with van der Waals surface area (Å²) in [7, 11) is -3.30. The Morgan fingerprint density at radius 1 is 1.16 bits per heavy atom. The van der Waals surface area contributed by atoms with Crippen molar-refractivity contribution < 1.29 is 8.42 Å². The largest absolute Gasteiger partial charge is 0.230 e. The summed E-state index contributed by atoms with van der Waals surface area (Å²) in [4.78, 5) is 4.53. The number of nitrogens with one attached hydrogen (secondary N) is 1. The maximum absolute atomic E-state index is 12.1. The van der Waals surface area contributed by atoms with Crippen molar-refractivity contribution in [3.05, 3.63) is 59.1 Å². The van der Waals surface area contributed by atoms with Crippen molar-refractivity contribution in [1.29, 1.82) is 0 Å². The molecule has 0 aliphatic rings. The van der Waals surface area contributed by atoms with E-state index in [1.165, 1.54) is 0 Å². The molecule has 1 N–H and O–H groups in total. The number of hydrogen-bond donors (Lipinski definition) is 1. The van der Waals surface area contributed by atoms with Crippen LogP contribution in [0.15, 0.2) is 52.9 Å². The number of rotatable bonds is 8. The van der Waals surface area contributed by atoms with Gasteiger partial charge < -0.3 is 0 Å². The molecule has 0 spiro atoms. The molecule has 0 atom stereocenters. The molecule has 8 heteroatoms. The van der Waals surface area contributed by atoms with Crippen molar-refractivity contribution in [2.75, 3.05) is 11.5 Å². The van der Waals surface area contributed by atoms with Crippen LogP contribution in [0.4, 0.5) is 0 Å². The lowest BCUT2D eigenvalue weighted by molar-refractivity contribution is 0.580. The highest BCUT2D eigenvalue weighted by molar-refractivity contribution is 8.01. The van der Waals surface area contributed by atoms with Gasteiger partial charge in [0.05, 0.1) is 16.0 Å². The minimum Gasteiger partial charge on any atom is -0.230 e. The minimum atomic E-state index is -3.30. The smallest absolute Gasteiger partial charge is 0.211 e. The lowest BCUT2D eigenvalue weighted by Gasteiger charge is -2.06. The van der Waals surface area contributed by atoms with Crippen LogP contribution >= 0.6 is 34.7 Å². The number of thiazole rings is 1. The number of hydrogen-bond acceptors (Lipinski definition) is 5. The maximum Gasteiger partial charge on any atom is 0.211 e. The Kier molecular flexibility index (Phi) is 6.35. The van der Waals surface area contributed by atoms with E-state index in [9.17, 15) is 8.42 Å². The predicted molar refractivity (Wildman–Crippen MR) is 107 cm³/mol. The average Bonchev–Trinajstić information content (AvgIpc) is 3.00. The van der Waals surface area contributed by atoms with Crippen LogP contribution in [0.5, 0.6) is 0 Å². The molecule has 0 saturated heterocycles. The van der Waals surface area contributed by atoms with E-state index < -0.39 is 10.0 Å². The first-order valence-corrected chi connectivity index (χ1v) is 11.6. The van der Waals surface area contributed by atoms with Gasteiger partial charge in [0.1, 0.15) is 0 Å². The third-order valence-corrected chi connectivity index (χ3v) is 7.35. The molecule has 3 rings (SSSR count). The van der Waals surface area contributed by atoms with Crippen LogP contribution in [-0.4, -0.2) is 24.9 Å². The standard InChI is InChI=1S/C17H17ClN2O2S3/c18-14-6-3-5-13(11-14)12-19-25(21,22)10-4-9-23-17-20-15-7-1-2-8-16(15)24-17/h1-3,5-8,11,19H,4,9-10,12H2. The predicted octanol–water partition coefficient (Wildman–Crippen LogP) is 4.55. The Balaban J connectivity index is 1.44. The molecule has 25 heavy (non-hydrogen) atoms. The van der Waals surface area contributed by atoms with Crippen molar-refractivity contribution in [1.82, 2.24) is 9.71 Å². The van der Waals surface area contributed by atoms with Gasteiger partial charge in [-0.1, -0.05) is 47.6 Å². The van der Waals surface area contributed by atoms with E-state index in [1.807, 2.05) is 30.3 Å². The molecule has 0 unspecified atom stereocenters. The van der Waals surface area contributed by atoms with Crippen LogP contribution < -0.4 is 4.72 Å². The summed E-state index contributed by atoms with van der Waals surface area (Å²) in [6.45, 7) is 0.258. The summed E-state index contributed by atoms with van der Waals surface area (Å²) >= 11 is 9.14. The third-order valence-electron chi connectivity index (χ3n) is 3.44. The van der Waals surface area contributed by atoms with Gasteiger partial charge in [-0.15, -0.1) is 11.3 Å². The Hall–Kier alpha value is -1.12. The summed E-state index contributed by atoms with van der Waals surface area (Å²) in [6.07, 6.45) is 0.575. The van der Waals surface area contributed by atoms with Crippen LogP contribution in [0.25, 0.3) is 10.2 Å². The fraction of sp³-hybridized carbons (Fsp3) is 0.235. The molecule has 0 radical (unpaired) electrons. The second kappa shape index (κ2) is 8.51. The normalized spacial score (nSPS) is 11.9. The first-order valence-electron chi connectivity index (χ1n) is 7.72. The van der Waals surface area contributed by atoms with Gasteiger partial charge in [0, 0.05) is 17.3 Å². The quantitative estimate of drug-likeness (QED) is 0.435. The summed E-state index contributed by atoms with van der Waals surface area (Å²) in [5.74, 6) is 0.823. The van der Waals surface area contributed by atoms with E-state index in [4.69, 9.17) is 11.6 Å². The average molecular weight is 413 g/mol. The number of nitrogens with zero attached hydrogens (tertiary/aromatic N) is 1. The van der Waals surface area contributed by atoms with Crippen molar-refractivity contribution in [2.24, 2.45) is 0 Å². The van der Waals surface area contributed by atoms with Crippen molar-refractivity contribution >= 4 is 54.9 Å². The molecule has 0 aliphatic heterocycles. The molecular weight excluding hydrogens is 396 g/mol. The molecule has 0 amide bonds. The molecule has 132 valence electrons. The van der Waals surface area contributed by atoms with Crippen LogP contribution in [-0.2, 0) is 16.6 Å². The molecule has 1 heterocycles. The van der Waals surface area contributed by atoms with Crippen LogP contribution in [0.3, 0.4) is 0 Å². The van der Waals surface area contributed by atoms with E-state index in [1.54, 1.807) is 41.3 Å². The zero-order valence-electron chi connectivity index (χ0n) is 13.3. The number of para-hydroxylation sites is 1. The van der Waals surface area contributed by atoms with Gasteiger partial charge >= 0.3 is 0 Å². The topological polar surface area (TPSA) is 59.1 Å². The monoisotopic (exact) mass is 412 g/mol. The first kappa shape index (κ1) is 18.7. The van der Waals surface area contributed by atoms with E-state index >= 15 is 0 Å². The van der Waals surface area contributed by atoms with Gasteiger partial charge in [0.2, 0.25) is 10.0 Å².